The van der Waals surface area contributed by atoms with Gasteiger partial charge in [-0.1, -0.05) is 0 Å². The number of aromatic nitrogens is 1. The largest absolute Gasteiger partial charge is 0.477 e. The molecule has 5 nitrogen and oxygen atoms in total. The van der Waals surface area contributed by atoms with E-state index < -0.39 is 5.97 Å². The maximum absolute atomic E-state index is 10.9. The van der Waals surface area contributed by atoms with Gasteiger partial charge in [-0.25, -0.2) is 9.78 Å². The molecule has 0 amide bonds. The number of hydrogen-bond donors (Lipinski definition) is 2. The lowest BCUT2D eigenvalue weighted by atomic mass is 10.1. The number of nitrogens with two attached hydrogens (primary N) is 1. The van der Waals surface area contributed by atoms with Gasteiger partial charge in [0.25, 0.3) is 0 Å². The number of carboxylic acids is 1. The second-order valence-electron chi connectivity index (χ2n) is 4.94. The Balaban J connectivity index is 2.32. The van der Waals surface area contributed by atoms with Crippen molar-refractivity contribution in [2.75, 3.05) is 29.5 Å². The number of carboxylic acid groups (broad SMARTS) is 1. The molecular weight excluding hydrogens is 250 g/mol. The van der Waals surface area contributed by atoms with Crippen molar-refractivity contribution in [2.24, 2.45) is 0 Å². The molecule has 2 heterocycles. The van der Waals surface area contributed by atoms with Crippen molar-refractivity contribution in [3.63, 3.8) is 0 Å². The lowest BCUT2D eigenvalue weighted by Crippen LogP contribution is -2.43. The van der Waals surface area contributed by atoms with Gasteiger partial charge in [0, 0.05) is 23.6 Å². The summed E-state index contributed by atoms with van der Waals surface area (Å²) < 4.78 is 0.131. The number of anilines is 2. The van der Waals surface area contributed by atoms with Crippen LogP contribution in [0.25, 0.3) is 0 Å². The van der Waals surface area contributed by atoms with Crippen LogP contribution in [0, 0.1) is 0 Å². The summed E-state index contributed by atoms with van der Waals surface area (Å²) in [6, 6.07) is 3.05. The van der Waals surface area contributed by atoms with Crippen molar-refractivity contribution in [1.29, 1.82) is 0 Å². The molecule has 6 heteroatoms. The van der Waals surface area contributed by atoms with E-state index in [2.05, 4.69) is 23.7 Å². The van der Waals surface area contributed by atoms with Crippen molar-refractivity contribution in [3.05, 3.63) is 17.8 Å². The van der Waals surface area contributed by atoms with Crippen LogP contribution in [0.3, 0.4) is 0 Å². The third-order valence-corrected chi connectivity index (χ3v) is 4.15. The van der Waals surface area contributed by atoms with E-state index in [1.54, 1.807) is 6.07 Å². The molecule has 2 rings (SSSR count). The lowest BCUT2D eigenvalue weighted by Gasteiger charge is -2.38. The zero-order chi connectivity index (χ0) is 13.3. The molecule has 1 saturated heterocycles. The summed E-state index contributed by atoms with van der Waals surface area (Å²) in [5, 5.41) is 8.98. The van der Waals surface area contributed by atoms with Crippen molar-refractivity contribution < 1.29 is 9.90 Å². The highest BCUT2D eigenvalue weighted by Crippen LogP contribution is 2.33. The first-order valence-corrected chi connectivity index (χ1v) is 6.76. The van der Waals surface area contributed by atoms with Crippen LogP contribution in [0.5, 0.6) is 0 Å². The van der Waals surface area contributed by atoms with E-state index in [0.717, 1.165) is 18.8 Å². The molecule has 0 atom stereocenters. The van der Waals surface area contributed by atoms with E-state index in [1.165, 1.54) is 6.07 Å². The standard InChI is InChI=1S/C12H17N3O2S/c1-12(2)7-15(5-6-18-12)10-8(13)3-4-9(14-10)11(16)17/h3-4H,5-7,13H2,1-2H3,(H,16,17). The SMILES string of the molecule is CC1(C)CN(c2nc(C(=O)O)ccc2N)CCS1. The van der Waals surface area contributed by atoms with E-state index in [-0.39, 0.29) is 10.4 Å². The minimum atomic E-state index is -1.03. The van der Waals surface area contributed by atoms with Crippen molar-refractivity contribution in [1.82, 2.24) is 4.98 Å². The molecule has 98 valence electrons. The number of aromatic carboxylic acids is 1. The fraction of sp³-hybridized carbons (Fsp3) is 0.500. The number of hydrogen-bond acceptors (Lipinski definition) is 5. The Hall–Kier alpha value is -1.43. The molecule has 1 aliphatic rings. The van der Waals surface area contributed by atoms with E-state index in [4.69, 9.17) is 10.8 Å². The third-order valence-electron chi connectivity index (χ3n) is 2.85. The van der Waals surface area contributed by atoms with Crippen LogP contribution in [-0.2, 0) is 0 Å². The smallest absolute Gasteiger partial charge is 0.354 e. The molecule has 18 heavy (non-hydrogen) atoms. The number of nitrogen functional groups attached to an aromatic ring is 1. The monoisotopic (exact) mass is 267 g/mol. The summed E-state index contributed by atoms with van der Waals surface area (Å²) >= 11 is 1.91. The second kappa shape index (κ2) is 4.68. The number of pyridine rings is 1. The van der Waals surface area contributed by atoms with Gasteiger partial charge in [0.1, 0.15) is 0 Å². The van der Waals surface area contributed by atoms with Crippen molar-refractivity contribution >= 4 is 29.2 Å². The zero-order valence-corrected chi connectivity index (χ0v) is 11.3. The first-order chi connectivity index (χ1) is 8.39. The van der Waals surface area contributed by atoms with Gasteiger partial charge in [0.05, 0.1) is 5.69 Å². The highest BCUT2D eigenvalue weighted by atomic mass is 32.2. The molecule has 3 N–H and O–H groups in total. The topological polar surface area (TPSA) is 79.5 Å². The molecule has 0 saturated carbocycles. The molecule has 0 radical (unpaired) electrons. The van der Waals surface area contributed by atoms with Crippen molar-refractivity contribution in [3.8, 4) is 0 Å². The van der Waals surface area contributed by atoms with Crippen LogP contribution in [0.2, 0.25) is 0 Å². The summed E-state index contributed by atoms with van der Waals surface area (Å²) in [7, 11) is 0. The van der Waals surface area contributed by atoms with Gasteiger partial charge in [-0.3, -0.25) is 0 Å². The average molecular weight is 267 g/mol. The lowest BCUT2D eigenvalue weighted by molar-refractivity contribution is 0.0690. The van der Waals surface area contributed by atoms with Crippen LogP contribution < -0.4 is 10.6 Å². The predicted octanol–water partition coefficient (Wildman–Crippen LogP) is 1.69. The molecular formula is C12H17N3O2S. The number of carbonyl (C=O) groups is 1. The first kappa shape index (κ1) is 13.0. The molecule has 0 bridgehead atoms. The Morgan fingerprint density at radius 1 is 1.56 bits per heavy atom. The van der Waals surface area contributed by atoms with Gasteiger partial charge in [-0.05, 0) is 26.0 Å². The summed E-state index contributed by atoms with van der Waals surface area (Å²) in [6.07, 6.45) is 0. The maximum atomic E-state index is 10.9. The summed E-state index contributed by atoms with van der Waals surface area (Å²) in [6.45, 7) is 5.99. The molecule has 0 spiro atoms. The number of thioether (sulfide) groups is 1. The van der Waals surface area contributed by atoms with Gasteiger partial charge >= 0.3 is 5.97 Å². The second-order valence-corrected chi connectivity index (χ2v) is 6.75. The molecule has 1 aromatic heterocycles. The highest BCUT2D eigenvalue weighted by molar-refractivity contribution is 8.00. The number of rotatable bonds is 2. The Morgan fingerprint density at radius 3 is 2.89 bits per heavy atom. The Kier molecular flexibility index (Phi) is 3.38. The Bertz CT molecular complexity index is 476. The van der Waals surface area contributed by atoms with E-state index in [1.807, 2.05) is 11.8 Å². The molecule has 1 aromatic rings. The van der Waals surface area contributed by atoms with Gasteiger partial charge in [-0.2, -0.15) is 11.8 Å². The van der Waals surface area contributed by atoms with Crippen molar-refractivity contribution in [2.45, 2.75) is 18.6 Å². The fourth-order valence-corrected chi connectivity index (χ4v) is 3.14. The molecule has 0 unspecified atom stereocenters. The van der Waals surface area contributed by atoms with E-state index >= 15 is 0 Å². The van der Waals surface area contributed by atoms with E-state index in [9.17, 15) is 4.79 Å². The van der Waals surface area contributed by atoms with Crippen LogP contribution >= 0.6 is 11.8 Å². The highest BCUT2D eigenvalue weighted by Gasteiger charge is 2.29. The molecule has 1 aliphatic heterocycles. The Morgan fingerprint density at radius 2 is 2.28 bits per heavy atom. The third kappa shape index (κ3) is 2.69. The van der Waals surface area contributed by atoms with Crippen LogP contribution in [0.4, 0.5) is 11.5 Å². The summed E-state index contributed by atoms with van der Waals surface area (Å²) in [5.74, 6) is 0.552. The minimum absolute atomic E-state index is 0.0373. The maximum Gasteiger partial charge on any atom is 0.354 e. The quantitative estimate of drug-likeness (QED) is 0.849. The molecule has 1 fully saturated rings. The first-order valence-electron chi connectivity index (χ1n) is 5.78. The van der Waals surface area contributed by atoms with Crippen LogP contribution in [0.15, 0.2) is 12.1 Å². The van der Waals surface area contributed by atoms with Gasteiger partial charge in [0.15, 0.2) is 11.5 Å². The summed E-state index contributed by atoms with van der Waals surface area (Å²) in [4.78, 5) is 17.2. The van der Waals surface area contributed by atoms with Crippen LogP contribution in [0.1, 0.15) is 24.3 Å². The number of nitrogens with zero attached hydrogens (tertiary/aromatic N) is 2. The minimum Gasteiger partial charge on any atom is -0.477 e. The van der Waals surface area contributed by atoms with Crippen LogP contribution in [-0.4, -0.2) is 39.6 Å². The molecule has 0 aliphatic carbocycles. The van der Waals surface area contributed by atoms with Gasteiger partial charge < -0.3 is 15.7 Å². The fourth-order valence-electron chi connectivity index (χ4n) is 2.03. The predicted molar refractivity (Wildman–Crippen MR) is 74.4 cm³/mol. The average Bonchev–Trinajstić information content (AvgIpc) is 2.27. The summed E-state index contributed by atoms with van der Waals surface area (Å²) in [5.41, 5.74) is 6.47. The normalized spacial score (nSPS) is 18.7. The van der Waals surface area contributed by atoms with Gasteiger partial charge in [-0.15, -0.1) is 0 Å². The van der Waals surface area contributed by atoms with Gasteiger partial charge in [0.2, 0.25) is 0 Å². The molecule has 0 aromatic carbocycles. The van der Waals surface area contributed by atoms with E-state index in [0.29, 0.717) is 11.5 Å². The Labute approximate surface area is 110 Å². The zero-order valence-electron chi connectivity index (χ0n) is 10.5.